The van der Waals surface area contributed by atoms with Crippen molar-refractivity contribution in [2.45, 2.75) is 31.7 Å². The van der Waals surface area contributed by atoms with Crippen LogP contribution in [0.2, 0.25) is 0 Å². The maximum Gasteiger partial charge on any atom is 0.409 e. The van der Waals surface area contributed by atoms with Gasteiger partial charge in [0.15, 0.2) is 5.37 Å². The maximum absolute atomic E-state index is 11.4. The summed E-state index contributed by atoms with van der Waals surface area (Å²) in [5.41, 5.74) is 1.34. The summed E-state index contributed by atoms with van der Waals surface area (Å²) in [7, 11) is 0. The fourth-order valence-electron chi connectivity index (χ4n) is 0.723. The van der Waals surface area contributed by atoms with Gasteiger partial charge < -0.3 is 9.84 Å². The number of nitrogens with one attached hydrogen (secondary N) is 2. The van der Waals surface area contributed by atoms with E-state index in [9.17, 15) is 14.4 Å². The Morgan fingerprint density at radius 3 is 2.44 bits per heavy atom. The number of hydrogen-bond acceptors (Lipinski definition) is 7. The van der Waals surface area contributed by atoms with Crippen LogP contribution in [-0.4, -0.2) is 38.4 Å². The lowest BCUT2D eigenvalue weighted by atomic mass is 10.2. The molecule has 0 aliphatic heterocycles. The van der Waals surface area contributed by atoms with E-state index >= 15 is 0 Å². The van der Waals surface area contributed by atoms with Crippen molar-refractivity contribution in [3.8, 4) is 0 Å². The van der Waals surface area contributed by atoms with Crippen molar-refractivity contribution in [1.82, 2.24) is 14.6 Å². The van der Waals surface area contributed by atoms with Crippen LogP contribution in [0.3, 0.4) is 0 Å². The van der Waals surface area contributed by atoms with Gasteiger partial charge in [0.1, 0.15) is 5.60 Å². The number of hydrogen-bond donors (Lipinski definition) is 4. The van der Waals surface area contributed by atoms with Gasteiger partial charge in [0, 0.05) is 0 Å². The number of hydrazine groups is 1. The van der Waals surface area contributed by atoms with Crippen molar-refractivity contribution in [3.05, 3.63) is 0 Å². The Morgan fingerprint density at radius 2 is 2.06 bits per heavy atom. The van der Waals surface area contributed by atoms with E-state index in [1.807, 2.05) is 0 Å². The van der Waals surface area contributed by atoms with Crippen molar-refractivity contribution < 1.29 is 24.2 Å². The minimum atomic E-state index is -1.34. The summed E-state index contributed by atoms with van der Waals surface area (Å²) in [6.07, 6.45) is -0.568. The molecule has 10 heteroatoms. The summed E-state index contributed by atoms with van der Waals surface area (Å²) >= 11 is 4.33. The third-order valence-corrected chi connectivity index (χ3v) is 2.47. The quantitative estimate of drug-likeness (QED) is 0.184. The molecular weight excluding hydrogens is 282 g/mol. The molecule has 8 nitrogen and oxygen atoms in total. The molecule has 0 aromatic rings. The van der Waals surface area contributed by atoms with Crippen molar-refractivity contribution in [2.75, 3.05) is 0 Å². The van der Waals surface area contributed by atoms with Crippen LogP contribution in [0.4, 0.5) is 4.79 Å². The van der Waals surface area contributed by atoms with Gasteiger partial charge >= 0.3 is 12.1 Å². The molecule has 3 N–H and O–H groups in total. The number of carboxylic acid groups (broad SMARTS) is 1. The second kappa shape index (κ2) is 7.34. The monoisotopic (exact) mass is 297 g/mol. The number of nitrogens with zero attached hydrogens (tertiary/aromatic N) is 1. The van der Waals surface area contributed by atoms with Gasteiger partial charge in [-0.15, -0.1) is 3.82 Å². The van der Waals surface area contributed by atoms with Crippen LogP contribution in [0.25, 0.3) is 0 Å². The average Bonchev–Trinajstić information content (AvgIpc) is 2.13. The Hall–Kier alpha value is -1.13. The molecule has 0 spiro atoms. The highest BCUT2D eigenvalue weighted by atomic mass is 32.2. The van der Waals surface area contributed by atoms with Crippen molar-refractivity contribution >= 4 is 43.2 Å². The first kappa shape index (κ1) is 16.9. The number of carboxylic acids is 1. The van der Waals surface area contributed by atoms with E-state index in [2.05, 4.69) is 23.6 Å². The Morgan fingerprint density at radius 1 is 1.50 bits per heavy atom. The molecule has 0 saturated heterocycles. The first-order valence-electron chi connectivity index (χ1n) is 4.73. The number of carbonyl (C=O) groups is 3. The molecule has 0 saturated carbocycles. The van der Waals surface area contributed by atoms with Gasteiger partial charge in [-0.05, 0) is 32.7 Å². The molecule has 1 unspecified atom stereocenters. The summed E-state index contributed by atoms with van der Waals surface area (Å²) in [4.78, 5) is 32.3. The minimum absolute atomic E-state index is 0.312. The number of ether oxygens (including phenoxy) is 1. The van der Waals surface area contributed by atoms with E-state index in [-0.39, 0.29) is 0 Å². The second-order valence-electron chi connectivity index (χ2n) is 3.99. The van der Waals surface area contributed by atoms with Crippen LogP contribution in [0.15, 0.2) is 0 Å². The Labute approximate surface area is 114 Å². The van der Waals surface area contributed by atoms with Crippen molar-refractivity contribution in [1.29, 1.82) is 0 Å². The number of carbonyl (C=O) groups excluding carboxylic acids is 2. The molecule has 1 atom stereocenters. The van der Waals surface area contributed by atoms with E-state index in [0.717, 1.165) is 3.82 Å². The maximum atomic E-state index is 11.4. The molecule has 0 bridgehead atoms. The van der Waals surface area contributed by atoms with Crippen LogP contribution in [0, 0.1) is 0 Å². The van der Waals surface area contributed by atoms with Crippen molar-refractivity contribution in [3.63, 3.8) is 0 Å². The lowest BCUT2D eigenvalue weighted by Gasteiger charge is -2.23. The SMILES string of the molecule is CC(C)(C)OC(=O)NC(SN(S)NC=O)C(=O)O. The minimum Gasteiger partial charge on any atom is -0.479 e. The van der Waals surface area contributed by atoms with Gasteiger partial charge in [0.2, 0.25) is 6.41 Å². The van der Waals surface area contributed by atoms with Gasteiger partial charge in [0.05, 0.1) is 0 Å². The van der Waals surface area contributed by atoms with Gasteiger partial charge in [0.25, 0.3) is 0 Å². The Bertz CT molecular complexity index is 320. The van der Waals surface area contributed by atoms with Crippen LogP contribution < -0.4 is 10.7 Å². The normalized spacial score (nSPS) is 12.7. The number of rotatable bonds is 6. The van der Waals surface area contributed by atoms with Crippen molar-refractivity contribution in [2.24, 2.45) is 0 Å². The molecule has 0 aliphatic carbocycles. The summed E-state index contributed by atoms with van der Waals surface area (Å²) in [6.45, 7) is 4.94. The lowest BCUT2D eigenvalue weighted by Crippen LogP contribution is -2.43. The predicted molar refractivity (Wildman–Crippen MR) is 68.4 cm³/mol. The molecular formula is C8H15N3O5S2. The summed E-state index contributed by atoms with van der Waals surface area (Å²) < 4.78 is 5.75. The summed E-state index contributed by atoms with van der Waals surface area (Å²) in [6, 6.07) is 0. The fourth-order valence-corrected chi connectivity index (χ4v) is 1.60. The molecule has 0 aliphatic rings. The number of amides is 2. The standard InChI is InChI=1S/C8H15N3O5S2/c1-8(2,3)16-7(15)10-5(6(13)14)18-11(17)9-4-12/h4-5,17H,1-3H3,(H,9,12)(H,10,15)(H,13,14). The summed E-state index contributed by atoms with van der Waals surface area (Å²) in [5.74, 6) is -1.31. The molecule has 2 amide bonds. The average molecular weight is 297 g/mol. The van der Waals surface area contributed by atoms with E-state index in [4.69, 9.17) is 9.84 Å². The van der Waals surface area contributed by atoms with Crippen LogP contribution >= 0.6 is 24.8 Å². The van der Waals surface area contributed by atoms with E-state index < -0.39 is 23.0 Å². The highest BCUT2D eigenvalue weighted by molar-refractivity contribution is 8.06. The second-order valence-corrected chi connectivity index (χ2v) is 5.71. The van der Waals surface area contributed by atoms with E-state index in [1.165, 1.54) is 0 Å². The lowest BCUT2D eigenvalue weighted by molar-refractivity contribution is -0.137. The zero-order valence-electron chi connectivity index (χ0n) is 10.0. The molecule has 104 valence electrons. The Kier molecular flexibility index (Phi) is 6.88. The smallest absolute Gasteiger partial charge is 0.409 e. The van der Waals surface area contributed by atoms with Gasteiger partial charge in [-0.3, -0.25) is 15.5 Å². The fraction of sp³-hybridized carbons (Fsp3) is 0.625. The molecule has 0 heterocycles. The number of thiol groups is 1. The van der Waals surface area contributed by atoms with Gasteiger partial charge in [-0.1, -0.05) is 12.8 Å². The summed E-state index contributed by atoms with van der Waals surface area (Å²) in [5, 5.41) is 9.65. The highest BCUT2D eigenvalue weighted by Gasteiger charge is 2.26. The molecule has 18 heavy (non-hydrogen) atoms. The molecule has 0 fully saturated rings. The predicted octanol–water partition coefficient (Wildman–Crippen LogP) is 0.378. The van der Waals surface area contributed by atoms with Crippen LogP contribution in [0.1, 0.15) is 20.8 Å². The number of aliphatic carboxylic acids is 1. The first-order chi connectivity index (χ1) is 8.15. The van der Waals surface area contributed by atoms with Crippen LogP contribution in [-0.2, 0) is 14.3 Å². The van der Waals surface area contributed by atoms with E-state index in [0.29, 0.717) is 18.4 Å². The third kappa shape index (κ3) is 8.03. The zero-order chi connectivity index (χ0) is 14.3. The largest absolute Gasteiger partial charge is 0.479 e. The highest BCUT2D eigenvalue weighted by Crippen LogP contribution is 2.15. The first-order valence-corrected chi connectivity index (χ1v) is 5.97. The molecule has 0 rings (SSSR count). The molecule has 0 aromatic carbocycles. The van der Waals surface area contributed by atoms with E-state index in [1.54, 1.807) is 20.8 Å². The van der Waals surface area contributed by atoms with Gasteiger partial charge in [-0.25, -0.2) is 9.59 Å². The number of alkyl carbamates (subject to hydrolysis) is 1. The molecule has 0 aromatic heterocycles. The molecule has 0 radical (unpaired) electrons. The third-order valence-electron chi connectivity index (χ3n) is 1.24. The Balaban J connectivity index is 4.40. The van der Waals surface area contributed by atoms with Crippen LogP contribution in [0.5, 0.6) is 0 Å². The zero-order valence-corrected chi connectivity index (χ0v) is 11.7. The topological polar surface area (TPSA) is 108 Å². The van der Waals surface area contributed by atoms with Gasteiger partial charge in [-0.2, -0.15) is 0 Å².